The number of amides is 1. The fraction of sp³-hybridized carbons (Fsp3) is 0.519. The molecule has 2 aliphatic heterocycles. The van der Waals surface area contributed by atoms with E-state index in [4.69, 9.17) is 32.7 Å². The van der Waals surface area contributed by atoms with Crippen LogP contribution in [0.25, 0.3) is 0 Å². The van der Waals surface area contributed by atoms with Gasteiger partial charge in [0, 0.05) is 21.5 Å². The van der Waals surface area contributed by atoms with E-state index >= 15 is 0 Å². The second-order valence-electron chi connectivity index (χ2n) is 11.1. The number of nitrogens with zero attached hydrogens (tertiary/aromatic N) is 1. The van der Waals surface area contributed by atoms with E-state index in [2.05, 4.69) is 11.8 Å². The van der Waals surface area contributed by atoms with Crippen molar-refractivity contribution in [2.45, 2.75) is 44.1 Å². The van der Waals surface area contributed by atoms with Crippen LogP contribution in [-0.4, -0.2) is 58.4 Å². The maximum atomic E-state index is 14.9. The molecule has 2 aromatic rings. The zero-order valence-corrected chi connectivity index (χ0v) is 23.7. The van der Waals surface area contributed by atoms with Crippen LogP contribution in [0.15, 0.2) is 30.3 Å². The highest BCUT2D eigenvalue weighted by Crippen LogP contribution is 2.46. The molecule has 1 N–H and O–H groups in total. The second kappa shape index (κ2) is 10.2. The maximum Gasteiger partial charge on any atom is 0.267 e. The average molecular weight is 586 g/mol. The lowest BCUT2D eigenvalue weighted by atomic mass is 9.77. The van der Waals surface area contributed by atoms with Crippen molar-refractivity contribution < 1.29 is 27.1 Å². The van der Waals surface area contributed by atoms with E-state index in [0.29, 0.717) is 35.6 Å². The van der Waals surface area contributed by atoms with E-state index < -0.39 is 21.7 Å². The first-order valence-corrected chi connectivity index (χ1v) is 15.3. The minimum atomic E-state index is -3.81. The summed E-state index contributed by atoms with van der Waals surface area (Å²) in [4.78, 5) is 14.8. The van der Waals surface area contributed by atoms with Crippen molar-refractivity contribution >= 4 is 39.1 Å². The molecule has 3 fully saturated rings. The standard InChI is InChI=1S/C27H31Cl2FN2O5S/c1-26(5-7-32(8-6-26)27(15-36-16-27)18-9-19(28)11-20(29)10-18)14-37-24-13-23(30)22(12-21(24)17-3-4-17)25(33)31-38(2,34)35/h9-13,17H,3-8,14-16H2,1-2H3,(H,31,33). The molecule has 2 saturated heterocycles. The van der Waals surface area contributed by atoms with Crippen LogP contribution in [0.5, 0.6) is 5.75 Å². The maximum absolute atomic E-state index is 14.9. The predicted octanol–water partition coefficient (Wildman–Crippen LogP) is 5.11. The molecule has 1 saturated carbocycles. The molecule has 206 valence electrons. The molecule has 0 radical (unpaired) electrons. The molecule has 0 atom stereocenters. The van der Waals surface area contributed by atoms with Gasteiger partial charge in [-0.1, -0.05) is 30.1 Å². The lowest BCUT2D eigenvalue weighted by molar-refractivity contribution is -0.159. The van der Waals surface area contributed by atoms with E-state index in [0.717, 1.165) is 56.2 Å². The smallest absolute Gasteiger partial charge is 0.267 e. The molecule has 38 heavy (non-hydrogen) atoms. The van der Waals surface area contributed by atoms with Crippen LogP contribution in [0.3, 0.4) is 0 Å². The van der Waals surface area contributed by atoms with Gasteiger partial charge in [0.1, 0.15) is 11.6 Å². The normalized spacial score (nSPS) is 21.0. The number of halogens is 3. The quantitative estimate of drug-likeness (QED) is 0.464. The Balaban J connectivity index is 1.27. The summed E-state index contributed by atoms with van der Waals surface area (Å²) < 4.78 is 51.5. The summed E-state index contributed by atoms with van der Waals surface area (Å²) in [6.07, 6.45) is 4.44. The molecular weight excluding hydrogens is 554 g/mol. The van der Waals surface area contributed by atoms with Crippen molar-refractivity contribution in [3.63, 3.8) is 0 Å². The predicted molar refractivity (Wildman–Crippen MR) is 144 cm³/mol. The molecule has 0 bridgehead atoms. The van der Waals surface area contributed by atoms with E-state index in [1.807, 2.05) is 16.9 Å². The fourth-order valence-corrected chi connectivity index (χ4v) is 6.30. The summed E-state index contributed by atoms with van der Waals surface area (Å²) in [5, 5.41) is 1.21. The highest BCUT2D eigenvalue weighted by Gasteiger charge is 2.48. The van der Waals surface area contributed by atoms with Gasteiger partial charge in [-0.25, -0.2) is 17.5 Å². The van der Waals surface area contributed by atoms with Crippen molar-refractivity contribution in [3.8, 4) is 5.75 Å². The lowest BCUT2D eigenvalue weighted by Gasteiger charge is -2.53. The number of rotatable bonds is 8. The van der Waals surface area contributed by atoms with Gasteiger partial charge in [-0.05, 0) is 80.1 Å². The number of hydrogen-bond donors (Lipinski definition) is 1. The van der Waals surface area contributed by atoms with Crippen LogP contribution in [0.2, 0.25) is 10.0 Å². The molecule has 11 heteroatoms. The van der Waals surface area contributed by atoms with Crippen LogP contribution in [0.4, 0.5) is 4.39 Å². The molecule has 1 amide bonds. The third-order valence-corrected chi connectivity index (χ3v) is 8.87. The van der Waals surface area contributed by atoms with E-state index in [1.54, 1.807) is 6.07 Å². The minimum absolute atomic E-state index is 0.127. The number of nitrogens with one attached hydrogen (secondary N) is 1. The number of likely N-dealkylation sites (tertiary alicyclic amines) is 1. The largest absolute Gasteiger partial charge is 0.493 e. The van der Waals surface area contributed by atoms with Gasteiger partial charge in [0.15, 0.2) is 0 Å². The van der Waals surface area contributed by atoms with E-state index in [-0.39, 0.29) is 22.4 Å². The number of benzene rings is 2. The topological polar surface area (TPSA) is 84.9 Å². The summed E-state index contributed by atoms with van der Waals surface area (Å²) in [6.45, 7) is 5.41. The van der Waals surface area contributed by atoms with E-state index in [1.165, 1.54) is 12.1 Å². The van der Waals surface area contributed by atoms with Crippen LogP contribution < -0.4 is 9.46 Å². The Morgan fingerprint density at radius 2 is 1.76 bits per heavy atom. The van der Waals surface area contributed by atoms with Crippen molar-refractivity contribution in [3.05, 3.63) is 62.9 Å². The molecule has 2 aromatic carbocycles. The highest BCUT2D eigenvalue weighted by atomic mass is 35.5. The Kier molecular flexibility index (Phi) is 7.45. The molecular formula is C27H31Cl2FN2O5S. The van der Waals surface area contributed by atoms with Gasteiger partial charge in [0.05, 0.1) is 37.2 Å². The second-order valence-corrected chi connectivity index (χ2v) is 13.7. The minimum Gasteiger partial charge on any atom is -0.493 e. The summed E-state index contributed by atoms with van der Waals surface area (Å²) in [7, 11) is -3.81. The monoisotopic (exact) mass is 584 g/mol. The zero-order chi connectivity index (χ0) is 27.3. The number of carbonyl (C=O) groups is 1. The van der Waals surface area contributed by atoms with Crippen LogP contribution in [0.1, 0.15) is 60.0 Å². The highest BCUT2D eigenvalue weighted by molar-refractivity contribution is 7.89. The lowest BCUT2D eigenvalue weighted by Crippen LogP contribution is -2.62. The van der Waals surface area contributed by atoms with Gasteiger partial charge >= 0.3 is 0 Å². The van der Waals surface area contributed by atoms with Crippen molar-refractivity contribution in [1.82, 2.24) is 9.62 Å². The van der Waals surface area contributed by atoms with Gasteiger partial charge in [-0.15, -0.1) is 0 Å². The van der Waals surface area contributed by atoms with Gasteiger partial charge in [-0.3, -0.25) is 9.69 Å². The summed E-state index contributed by atoms with van der Waals surface area (Å²) >= 11 is 12.6. The Hall–Kier alpha value is -1.91. The number of sulfonamides is 1. The Bertz CT molecular complexity index is 1330. The van der Waals surface area contributed by atoms with E-state index in [9.17, 15) is 17.6 Å². The van der Waals surface area contributed by atoms with Gasteiger partial charge < -0.3 is 9.47 Å². The first-order valence-electron chi connectivity index (χ1n) is 12.7. The molecule has 0 spiro atoms. The van der Waals surface area contributed by atoms with Crippen LogP contribution in [0, 0.1) is 11.2 Å². The summed E-state index contributed by atoms with van der Waals surface area (Å²) in [6, 6.07) is 8.30. The SMILES string of the molecule is CC1(COc2cc(F)c(C(=O)NS(C)(=O)=O)cc2C2CC2)CCN(C2(c3cc(Cl)cc(Cl)c3)COC2)CC1. The molecule has 0 unspecified atom stereocenters. The van der Waals surface area contributed by atoms with Gasteiger partial charge in [0.2, 0.25) is 10.0 Å². The summed E-state index contributed by atoms with van der Waals surface area (Å²) in [5.74, 6) is -1.19. The number of carbonyl (C=O) groups excluding carboxylic acids is 1. The molecule has 1 aliphatic carbocycles. The molecule has 5 rings (SSSR count). The first-order chi connectivity index (χ1) is 17.9. The van der Waals surface area contributed by atoms with Crippen LogP contribution >= 0.6 is 23.2 Å². The van der Waals surface area contributed by atoms with Crippen LogP contribution in [-0.2, 0) is 20.3 Å². The molecule has 3 aliphatic rings. The Labute approximate surface area is 232 Å². The fourth-order valence-electron chi connectivity index (χ4n) is 5.33. The Morgan fingerprint density at radius 1 is 1.13 bits per heavy atom. The third-order valence-electron chi connectivity index (χ3n) is 7.87. The summed E-state index contributed by atoms with van der Waals surface area (Å²) in [5.41, 5.74) is 1.14. The van der Waals surface area contributed by atoms with Gasteiger partial charge in [0.25, 0.3) is 5.91 Å². The third kappa shape index (κ3) is 5.82. The molecule has 0 aromatic heterocycles. The van der Waals surface area contributed by atoms with Gasteiger partial charge in [-0.2, -0.15) is 0 Å². The Morgan fingerprint density at radius 3 is 2.29 bits per heavy atom. The molecule has 2 heterocycles. The number of piperidine rings is 1. The zero-order valence-electron chi connectivity index (χ0n) is 21.4. The van der Waals surface area contributed by atoms with Crippen molar-refractivity contribution in [2.75, 3.05) is 39.2 Å². The first kappa shape index (κ1) is 27.6. The molecule has 7 nitrogen and oxygen atoms in total. The number of hydrogen-bond acceptors (Lipinski definition) is 6. The van der Waals surface area contributed by atoms with Crippen molar-refractivity contribution in [2.24, 2.45) is 5.41 Å². The van der Waals surface area contributed by atoms with Crippen molar-refractivity contribution in [1.29, 1.82) is 0 Å². The average Bonchev–Trinajstić information content (AvgIpc) is 3.62. The number of ether oxygens (including phenoxy) is 2.